The fraction of sp³-hybridized carbons (Fsp3) is 0.176. The summed E-state index contributed by atoms with van der Waals surface area (Å²) in [6, 6.07) is 16.7. The van der Waals surface area contributed by atoms with Crippen LogP contribution in [-0.4, -0.2) is 5.97 Å². The van der Waals surface area contributed by atoms with E-state index >= 15 is 0 Å². The molecule has 0 bridgehead atoms. The van der Waals surface area contributed by atoms with Crippen molar-refractivity contribution in [3.8, 4) is 22.9 Å². The first-order chi connectivity index (χ1) is 9.60. The minimum atomic E-state index is -0.248. The van der Waals surface area contributed by atoms with E-state index in [1.165, 1.54) is 0 Å². The number of esters is 1. The maximum absolute atomic E-state index is 11.6. The fourth-order valence-electron chi connectivity index (χ4n) is 1.71. The Morgan fingerprint density at radius 1 is 1.10 bits per heavy atom. The van der Waals surface area contributed by atoms with Gasteiger partial charge in [0, 0.05) is 0 Å². The molecular weight excluding hydrogens is 250 g/mol. The van der Waals surface area contributed by atoms with Crippen LogP contribution in [-0.2, 0) is 4.79 Å². The Morgan fingerprint density at radius 2 is 1.80 bits per heavy atom. The molecule has 0 radical (unpaired) electrons. The topological polar surface area (TPSA) is 50.1 Å². The quantitative estimate of drug-likeness (QED) is 0.626. The van der Waals surface area contributed by atoms with Gasteiger partial charge in [0.15, 0.2) is 0 Å². The van der Waals surface area contributed by atoms with E-state index < -0.39 is 0 Å². The number of carbonyl (C=O) groups is 1. The highest BCUT2D eigenvalue weighted by atomic mass is 16.5. The SMILES string of the molecule is CC(C)C(=O)Oc1cccc(-c2ccc(C#N)cc2)c1. The molecule has 0 fully saturated rings. The van der Waals surface area contributed by atoms with Gasteiger partial charge in [0.2, 0.25) is 0 Å². The van der Waals surface area contributed by atoms with E-state index in [1.807, 2.05) is 30.3 Å². The van der Waals surface area contributed by atoms with Crippen molar-refractivity contribution in [1.82, 2.24) is 0 Å². The summed E-state index contributed by atoms with van der Waals surface area (Å²) in [4.78, 5) is 11.6. The Kier molecular flexibility index (Phi) is 4.17. The summed E-state index contributed by atoms with van der Waals surface area (Å²) in [5, 5.41) is 8.79. The van der Waals surface area contributed by atoms with Gasteiger partial charge in [0.1, 0.15) is 5.75 Å². The predicted octanol–water partition coefficient (Wildman–Crippen LogP) is 3.79. The molecule has 0 aliphatic heterocycles. The van der Waals surface area contributed by atoms with E-state index in [0.29, 0.717) is 11.3 Å². The Hall–Kier alpha value is -2.60. The lowest BCUT2D eigenvalue weighted by molar-refractivity contribution is -0.137. The molecule has 0 heterocycles. The largest absolute Gasteiger partial charge is 0.426 e. The molecule has 20 heavy (non-hydrogen) atoms. The van der Waals surface area contributed by atoms with Crippen LogP contribution in [0.3, 0.4) is 0 Å². The van der Waals surface area contributed by atoms with Gasteiger partial charge in [-0.3, -0.25) is 4.79 Å². The van der Waals surface area contributed by atoms with Crippen LogP contribution < -0.4 is 4.74 Å². The minimum absolute atomic E-state index is 0.159. The van der Waals surface area contributed by atoms with Crippen molar-refractivity contribution in [3.63, 3.8) is 0 Å². The molecule has 0 atom stereocenters. The standard InChI is InChI=1S/C17H15NO2/c1-12(2)17(19)20-16-5-3-4-15(10-16)14-8-6-13(11-18)7-9-14/h3-10,12H,1-2H3. The van der Waals surface area contributed by atoms with E-state index in [4.69, 9.17) is 10.00 Å². The summed E-state index contributed by atoms with van der Waals surface area (Å²) in [5.74, 6) is 0.126. The van der Waals surface area contributed by atoms with Crippen LogP contribution in [0.2, 0.25) is 0 Å². The second kappa shape index (κ2) is 6.03. The van der Waals surface area contributed by atoms with Crippen LogP contribution in [0.1, 0.15) is 19.4 Å². The average molecular weight is 265 g/mol. The van der Waals surface area contributed by atoms with Gasteiger partial charge in [0.05, 0.1) is 17.6 Å². The van der Waals surface area contributed by atoms with Gasteiger partial charge in [-0.05, 0) is 35.4 Å². The third kappa shape index (κ3) is 3.24. The van der Waals surface area contributed by atoms with Gasteiger partial charge in [-0.1, -0.05) is 38.1 Å². The smallest absolute Gasteiger partial charge is 0.313 e. The van der Waals surface area contributed by atoms with Crippen LogP contribution in [0.4, 0.5) is 0 Å². The molecule has 100 valence electrons. The zero-order valence-electron chi connectivity index (χ0n) is 11.5. The Labute approximate surface area is 118 Å². The third-order valence-corrected chi connectivity index (χ3v) is 2.87. The molecule has 0 aliphatic carbocycles. The average Bonchev–Trinajstić information content (AvgIpc) is 2.47. The number of ether oxygens (including phenoxy) is 1. The van der Waals surface area contributed by atoms with E-state index in [0.717, 1.165) is 11.1 Å². The number of carbonyl (C=O) groups excluding carboxylic acids is 1. The van der Waals surface area contributed by atoms with Crippen LogP contribution in [0.25, 0.3) is 11.1 Å². The Balaban J connectivity index is 2.25. The molecule has 0 aliphatic rings. The van der Waals surface area contributed by atoms with Gasteiger partial charge < -0.3 is 4.74 Å². The van der Waals surface area contributed by atoms with Crippen LogP contribution in [0, 0.1) is 17.2 Å². The first-order valence-electron chi connectivity index (χ1n) is 6.42. The van der Waals surface area contributed by atoms with Crippen molar-refractivity contribution in [2.75, 3.05) is 0 Å². The van der Waals surface area contributed by atoms with Gasteiger partial charge >= 0.3 is 5.97 Å². The first-order valence-corrected chi connectivity index (χ1v) is 6.42. The minimum Gasteiger partial charge on any atom is -0.426 e. The summed E-state index contributed by atoms with van der Waals surface area (Å²) in [5.41, 5.74) is 2.55. The molecule has 3 heteroatoms. The Morgan fingerprint density at radius 3 is 2.40 bits per heavy atom. The molecule has 0 aromatic heterocycles. The molecular formula is C17H15NO2. The van der Waals surface area contributed by atoms with Crippen molar-refractivity contribution in [2.24, 2.45) is 5.92 Å². The highest BCUT2D eigenvalue weighted by Gasteiger charge is 2.10. The summed E-state index contributed by atoms with van der Waals surface area (Å²) < 4.78 is 5.29. The number of hydrogen-bond acceptors (Lipinski definition) is 3. The molecule has 0 saturated heterocycles. The molecule has 2 rings (SSSR count). The van der Waals surface area contributed by atoms with Crippen LogP contribution in [0.5, 0.6) is 5.75 Å². The zero-order chi connectivity index (χ0) is 14.5. The molecule has 0 saturated carbocycles. The van der Waals surface area contributed by atoms with Crippen LogP contribution in [0.15, 0.2) is 48.5 Å². The Bertz CT molecular complexity index is 651. The van der Waals surface area contributed by atoms with Crippen molar-refractivity contribution in [2.45, 2.75) is 13.8 Å². The van der Waals surface area contributed by atoms with E-state index in [1.54, 1.807) is 32.0 Å². The molecule has 2 aromatic carbocycles. The molecule has 3 nitrogen and oxygen atoms in total. The first kappa shape index (κ1) is 13.8. The van der Waals surface area contributed by atoms with Gasteiger partial charge in [-0.15, -0.1) is 0 Å². The highest BCUT2D eigenvalue weighted by Crippen LogP contribution is 2.24. The molecule has 0 spiro atoms. The zero-order valence-corrected chi connectivity index (χ0v) is 11.5. The van der Waals surface area contributed by atoms with Crippen molar-refractivity contribution in [3.05, 3.63) is 54.1 Å². The molecule has 0 unspecified atom stereocenters. The maximum Gasteiger partial charge on any atom is 0.313 e. The third-order valence-electron chi connectivity index (χ3n) is 2.87. The monoisotopic (exact) mass is 265 g/mol. The van der Waals surface area contributed by atoms with E-state index in [-0.39, 0.29) is 11.9 Å². The number of rotatable bonds is 3. The lowest BCUT2D eigenvalue weighted by atomic mass is 10.0. The predicted molar refractivity (Wildman–Crippen MR) is 77.1 cm³/mol. The summed E-state index contributed by atoms with van der Waals surface area (Å²) in [7, 11) is 0. The summed E-state index contributed by atoms with van der Waals surface area (Å²) in [6.45, 7) is 3.60. The van der Waals surface area contributed by atoms with Gasteiger partial charge in [0.25, 0.3) is 0 Å². The summed E-state index contributed by atoms with van der Waals surface area (Å²) >= 11 is 0. The van der Waals surface area contributed by atoms with E-state index in [9.17, 15) is 4.79 Å². The molecule has 2 aromatic rings. The van der Waals surface area contributed by atoms with Gasteiger partial charge in [-0.2, -0.15) is 5.26 Å². The molecule has 0 N–H and O–H groups in total. The highest BCUT2D eigenvalue weighted by molar-refractivity contribution is 5.75. The van der Waals surface area contributed by atoms with Crippen molar-refractivity contribution >= 4 is 5.97 Å². The number of nitriles is 1. The normalized spacial score (nSPS) is 10.1. The van der Waals surface area contributed by atoms with Crippen molar-refractivity contribution < 1.29 is 9.53 Å². The van der Waals surface area contributed by atoms with Crippen molar-refractivity contribution in [1.29, 1.82) is 5.26 Å². The van der Waals surface area contributed by atoms with Gasteiger partial charge in [-0.25, -0.2) is 0 Å². The lowest BCUT2D eigenvalue weighted by Crippen LogP contribution is -2.14. The number of nitrogens with zero attached hydrogens (tertiary/aromatic N) is 1. The molecule has 0 amide bonds. The fourth-order valence-corrected chi connectivity index (χ4v) is 1.71. The second-order valence-electron chi connectivity index (χ2n) is 4.79. The second-order valence-corrected chi connectivity index (χ2v) is 4.79. The lowest BCUT2D eigenvalue weighted by Gasteiger charge is -2.08. The van der Waals surface area contributed by atoms with Crippen LogP contribution >= 0.6 is 0 Å². The summed E-state index contributed by atoms with van der Waals surface area (Å²) in [6.07, 6.45) is 0. The van der Waals surface area contributed by atoms with E-state index in [2.05, 4.69) is 6.07 Å². The number of hydrogen-bond donors (Lipinski definition) is 0. The number of benzene rings is 2. The maximum atomic E-state index is 11.6.